The first-order chi connectivity index (χ1) is 9.72. The number of hydrogen-bond donors (Lipinski definition) is 1. The molecule has 0 radical (unpaired) electrons. The van der Waals surface area contributed by atoms with Crippen LogP contribution in [0.1, 0.15) is 12.5 Å². The summed E-state index contributed by atoms with van der Waals surface area (Å²) in [6, 6.07) is 13.1. The lowest BCUT2D eigenvalue weighted by Crippen LogP contribution is -2.12. The molecular formula is C16H18ClNO2. The third-order valence-electron chi connectivity index (χ3n) is 2.88. The van der Waals surface area contributed by atoms with Crippen molar-refractivity contribution < 1.29 is 9.47 Å². The molecule has 106 valence electrons. The van der Waals surface area contributed by atoms with Crippen LogP contribution in [0.2, 0.25) is 5.02 Å². The minimum Gasteiger partial charge on any atom is -0.497 e. The van der Waals surface area contributed by atoms with Gasteiger partial charge in [0.05, 0.1) is 7.11 Å². The van der Waals surface area contributed by atoms with E-state index in [1.807, 2.05) is 42.5 Å². The van der Waals surface area contributed by atoms with Gasteiger partial charge < -0.3 is 14.8 Å². The molecule has 0 aliphatic heterocycles. The van der Waals surface area contributed by atoms with E-state index in [0.29, 0.717) is 5.02 Å². The van der Waals surface area contributed by atoms with Crippen molar-refractivity contribution in [3.05, 3.63) is 53.1 Å². The average molecular weight is 292 g/mol. The number of rotatable bonds is 6. The molecule has 0 heterocycles. The van der Waals surface area contributed by atoms with Crippen molar-refractivity contribution in [1.29, 1.82) is 0 Å². The first-order valence-corrected chi connectivity index (χ1v) is 6.91. The SMILES string of the molecule is CCNCc1cc(Cl)ccc1Oc1ccc(OC)cc1. The van der Waals surface area contributed by atoms with Gasteiger partial charge >= 0.3 is 0 Å². The van der Waals surface area contributed by atoms with Gasteiger partial charge in [-0.05, 0) is 49.0 Å². The molecule has 2 aromatic carbocycles. The lowest BCUT2D eigenvalue weighted by molar-refractivity contribution is 0.412. The number of methoxy groups -OCH3 is 1. The van der Waals surface area contributed by atoms with Crippen molar-refractivity contribution in [1.82, 2.24) is 5.32 Å². The Bertz CT molecular complexity index is 555. The standard InChI is InChI=1S/C16H18ClNO2/c1-3-18-11-12-10-13(17)4-9-16(12)20-15-7-5-14(19-2)6-8-15/h4-10,18H,3,11H2,1-2H3. The fourth-order valence-corrected chi connectivity index (χ4v) is 2.01. The zero-order valence-corrected chi connectivity index (χ0v) is 12.4. The molecule has 0 fully saturated rings. The third kappa shape index (κ3) is 3.89. The predicted molar refractivity (Wildman–Crippen MR) is 81.9 cm³/mol. The Morgan fingerprint density at radius 1 is 1.05 bits per heavy atom. The molecule has 0 saturated heterocycles. The Morgan fingerprint density at radius 2 is 1.75 bits per heavy atom. The Labute approximate surface area is 124 Å². The maximum atomic E-state index is 6.04. The van der Waals surface area contributed by atoms with E-state index in [1.54, 1.807) is 7.11 Å². The monoisotopic (exact) mass is 291 g/mol. The highest BCUT2D eigenvalue weighted by Crippen LogP contribution is 2.29. The van der Waals surface area contributed by atoms with Gasteiger partial charge in [0.2, 0.25) is 0 Å². The van der Waals surface area contributed by atoms with Gasteiger partial charge in [-0.1, -0.05) is 18.5 Å². The van der Waals surface area contributed by atoms with Crippen molar-refractivity contribution >= 4 is 11.6 Å². The van der Waals surface area contributed by atoms with Crippen molar-refractivity contribution in [3.8, 4) is 17.2 Å². The summed E-state index contributed by atoms with van der Waals surface area (Å²) in [5, 5.41) is 3.99. The van der Waals surface area contributed by atoms with Crippen LogP contribution >= 0.6 is 11.6 Å². The van der Waals surface area contributed by atoms with Gasteiger partial charge in [0, 0.05) is 17.1 Å². The average Bonchev–Trinajstić information content (AvgIpc) is 2.48. The molecule has 0 aliphatic rings. The molecule has 2 rings (SSSR count). The van der Waals surface area contributed by atoms with Gasteiger partial charge in [0.1, 0.15) is 17.2 Å². The van der Waals surface area contributed by atoms with Gasteiger partial charge in [-0.15, -0.1) is 0 Å². The topological polar surface area (TPSA) is 30.5 Å². The molecule has 0 atom stereocenters. The van der Waals surface area contributed by atoms with Crippen molar-refractivity contribution in [2.45, 2.75) is 13.5 Å². The van der Waals surface area contributed by atoms with Gasteiger partial charge in [0.25, 0.3) is 0 Å². The maximum Gasteiger partial charge on any atom is 0.132 e. The Kier molecular flexibility index (Phi) is 5.27. The molecule has 0 spiro atoms. The smallest absolute Gasteiger partial charge is 0.132 e. The molecule has 0 aromatic heterocycles. The summed E-state index contributed by atoms with van der Waals surface area (Å²) in [6.45, 7) is 3.69. The molecule has 0 bridgehead atoms. The van der Waals surface area contributed by atoms with Crippen LogP contribution in [0.5, 0.6) is 17.2 Å². The van der Waals surface area contributed by atoms with E-state index < -0.39 is 0 Å². The van der Waals surface area contributed by atoms with Crippen LogP contribution in [0.3, 0.4) is 0 Å². The second kappa shape index (κ2) is 7.17. The fraction of sp³-hybridized carbons (Fsp3) is 0.250. The summed E-state index contributed by atoms with van der Waals surface area (Å²) in [7, 11) is 1.64. The Hall–Kier alpha value is -1.71. The zero-order chi connectivity index (χ0) is 14.4. The molecule has 0 aliphatic carbocycles. The van der Waals surface area contributed by atoms with Crippen LogP contribution in [-0.2, 0) is 6.54 Å². The van der Waals surface area contributed by atoms with Crippen LogP contribution in [-0.4, -0.2) is 13.7 Å². The minimum absolute atomic E-state index is 0.708. The molecule has 0 saturated carbocycles. The van der Waals surface area contributed by atoms with E-state index in [-0.39, 0.29) is 0 Å². The fourth-order valence-electron chi connectivity index (χ4n) is 1.82. The van der Waals surface area contributed by atoms with Gasteiger partial charge in [-0.3, -0.25) is 0 Å². The summed E-state index contributed by atoms with van der Waals surface area (Å²) in [4.78, 5) is 0. The first kappa shape index (κ1) is 14.7. The summed E-state index contributed by atoms with van der Waals surface area (Å²) >= 11 is 6.04. The largest absolute Gasteiger partial charge is 0.497 e. The van der Waals surface area contributed by atoms with Gasteiger partial charge in [-0.25, -0.2) is 0 Å². The van der Waals surface area contributed by atoms with Crippen molar-refractivity contribution in [2.75, 3.05) is 13.7 Å². The number of halogens is 1. The van der Waals surface area contributed by atoms with Crippen LogP contribution in [0.25, 0.3) is 0 Å². The molecule has 20 heavy (non-hydrogen) atoms. The summed E-state index contributed by atoms with van der Waals surface area (Å²) in [5.41, 5.74) is 1.04. The number of benzene rings is 2. The highest BCUT2D eigenvalue weighted by molar-refractivity contribution is 6.30. The maximum absolute atomic E-state index is 6.04. The van der Waals surface area contributed by atoms with Crippen LogP contribution in [0.15, 0.2) is 42.5 Å². The molecule has 0 amide bonds. The Balaban J connectivity index is 2.18. The van der Waals surface area contributed by atoms with Crippen LogP contribution in [0.4, 0.5) is 0 Å². The first-order valence-electron chi connectivity index (χ1n) is 6.54. The predicted octanol–water partition coefficient (Wildman–Crippen LogP) is 4.25. The molecular weight excluding hydrogens is 274 g/mol. The van der Waals surface area contributed by atoms with E-state index in [2.05, 4.69) is 12.2 Å². The number of ether oxygens (including phenoxy) is 2. The molecule has 0 unspecified atom stereocenters. The van der Waals surface area contributed by atoms with E-state index >= 15 is 0 Å². The van der Waals surface area contributed by atoms with E-state index in [1.165, 1.54) is 0 Å². The normalized spacial score (nSPS) is 10.3. The Morgan fingerprint density at radius 3 is 2.40 bits per heavy atom. The third-order valence-corrected chi connectivity index (χ3v) is 3.11. The minimum atomic E-state index is 0.708. The quantitative estimate of drug-likeness (QED) is 0.863. The lowest BCUT2D eigenvalue weighted by Gasteiger charge is -2.12. The van der Waals surface area contributed by atoms with Crippen LogP contribution < -0.4 is 14.8 Å². The molecule has 3 nitrogen and oxygen atoms in total. The van der Waals surface area contributed by atoms with Crippen molar-refractivity contribution in [3.63, 3.8) is 0 Å². The van der Waals surface area contributed by atoms with E-state index in [0.717, 1.165) is 35.9 Å². The summed E-state index contributed by atoms with van der Waals surface area (Å²) < 4.78 is 11.0. The highest BCUT2D eigenvalue weighted by atomic mass is 35.5. The zero-order valence-electron chi connectivity index (χ0n) is 11.7. The van der Waals surface area contributed by atoms with Crippen molar-refractivity contribution in [2.24, 2.45) is 0 Å². The summed E-state index contributed by atoms with van der Waals surface area (Å²) in [5.74, 6) is 2.38. The number of nitrogens with one attached hydrogen (secondary N) is 1. The van der Waals surface area contributed by atoms with Crippen LogP contribution in [0, 0.1) is 0 Å². The second-order valence-electron chi connectivity index (χ2n) is 4.31. The second-order valence-corrected chi connectivity index (χ2v) is 4.75. The highest BCUT2D eigenvalue weighted by Gasteiger charge is 2.06. The lowest BCUT2D eigenvalue weighted by atomic mass is 10.2. The number of hydrogen-bond acceptors (Lipinski definition) is 3. The summed E-state index contributed by atoms with van der Waals surface area (Å²) in [6.07, 6.45) is 0. The van der Waals surface area contributed by atoms with E-state index in [9.17, 15) is 0 Å². The molecule has 2 aromatic rings. The van der Waals surface area contributed by atoms with Gasteiger partial charge in [-0.2, -0.15) is 0 Å². The van der Waals surface area contributed by atoms with Gasteiger partial charge in [0.15, 0.2) is 0 Å². The van der Waals surface area contributed by atoms with E-state index in [4.69, 9.17) is 21.1 Å². The molecule has 1 N–H and O–H groups in total. The molecule has 4 heteroatoms.